The van der Waals surface area contributed by atoms with Gasteiger partial charge in [-0.1, -0.05) is 30.3 Å². The van der Waals surface area contributed by atoms with Crippen LogP contribution in [-0.2, 0) is 10.2 Å². The molecule has 1 aliphatic rings. The molecule has 23 heavy (non-hydrogen) atoms. The van der Waals surface area contributed by atoms with Crippen LogP contribution in [0.3, 0.4) is 0 Å². The van der Waals surface area contributed by atoms with Gasteiger partial charge >= 0.3 is 6.03 Å². The van der Waals surface area contributed by atoms with E-state index in [4.69, 9.17) is 0 Å². The van der Waals surface area contributed by atoms with Crippen LogP contribution in [0.5, 0.6) is 0 Å². The van der Waals surface area contributed by atoms with Crippen molar-refractivity contribution in [2.45, 2.75) is 31.8 Å². The minimum absolute atomic E-state index is 0.0655. The normalized spacial score (nSPS) is 17.7. The molecule has 1 heterocycles. The number of likely N-dealkylation sites (tertiary alicyclic amines) is 1. The molecule has 0 saturated carbocycles. The number of carbonyl (C=O) groups is 1. The smallest absolute Gasteiger partial charge is 0.317 e. The number of amides is 2. The van der Waals surface area contributed by atoms with Crippen LogP contribution < -0.4 is 14.8 Å². The Morgan fingerprint density at radius 3 is 2.39 bits per heavy atom. The number of piperidine rings is 1. The van der Waals surface area contributed by atoms with E-state index in [0.717, 1.165) is 5.56 Å². The number of urea groups is 1. The first kappa shape index (κ1) is 17.7. The Kier molecular flexibility index (Phi) is 5.97. The van der Waals surface area contributed by atoms with Crippen molar-refractivity contribution in [3.8, 4) is 0 Å². The van der Waals surface area contributed by atoms with Gasteiger partial charge in [-0.15, -0.1) is 0 Å². The third kappa shape index (κ3) is 5.19. The fourth-order valence-corrected chi connectivity index (χ4v) is 3.37. The zero-order valence-electron chi connectivity index (χ0n) is 13.5. The second-order valence-electron chi connectivity index (χ2n) is 5.67. The lowest BCUT2D eigenvalue weighted by Gasteiger charge is -2.33. The van der Waals surface area contributed by atoms with Crippen LogP contribution in [0.1, 0.15) is 31.4 Å². The lowest BCUT2D eigenvalue weighted by atomic mass is 10.1. The fourth-order valence-electron chi connectivity index (χ4n) is 2.58. The Morgan fingerprint density at radius 1 is 1.22 bits per heavy atom. The van der Waals surface area contributed by atoms with Crippen LogP contribution in [-0.4, -0.2) is 45.5 Å². The third-order valence-corrected chi connectivity index (χ3v) is 5.19. The maximum absolute atomic E-state index is 12.3. The van der Waals surface area contributed by atoms with Crippen LogP contribution in [0, 0.1) is 0 Å². The van der Waals surface area contributed by atoms with E-state index in [-0.39, 0.29) is 18.1 Å². The summed E-state index contributed by atoms with van der Waals surface area (Å²) in [6.45, 7) is 3.01. The molecule has 0 unspecified atom stereocenters. The molecule has 1 aromatic carbocycles. The summed E-state index contributed by atoms with van der Waals surface area (Å²) in [4.78, 5) is 14.0. The molecule has 128 valence electrons. The van der Waals surface area contributed by atoms with Crippen LogP contribution in [0.2, 0.25) is 0 Å². The van der Waals surface area contributed by atoms with Crippen LogP contribution in [0.25, 0.3) is 0 Å². The highest BCUT2D eigenvalue weighted by Gasteiger charge is 2.26. The zero-order valence-corrected chi connectivity index (χ0v) is 14.3. The molecule has 2 rings (SSSR count). The van der Waals surface area contributed by atoms with Gasteiger partial charge in [-0.05, 0) is 25.3 Å². The number of hydrogen-bond acceptors (Lipinski definition) is 3. The molecule has 0 spiro atoms. The lowest BCUT2D eigenvalue weighted by Crippen LogP contribution is -2.51. The number of nitrogens with zero attached hydrogens (tertiary/aromatic N) is 1. The van der Waals surface area contributed by atoms with Gasteiger partial charge in [-0.25, -0.2) is 9.52 Å². The number of carbonyl (C=O) groups excluding carboxylic acids is 1. The number of benzene rings is 1. The lowest BCUT2D eigenvalue weighted by molar-refractivity contribution is 0.177. The molecule has 1 aromatic rings. The van der Waals surface area contributed by atoms with E-state index >= 15 is 0 Å². The predicted molar refractivity (Wildman–Crippen MR) is 89.1 cm³/mol. The Labute approximate surface area is 137 Å². The number of nitrogens with one attached hydrogen (secondary N) is 3. The van der Waals surface area contributed by atoms with Crippen molar-refractivity contribution < 1.29 is 13.2 Å². The average Bonchev–Trinajstić information content (AvgIpc) is 2.56. The van der Waals surface area contributed by atoms with Crippen molar-refractivity contribution in [1.82, 2.24) is 19.7 Å². The highest BCUT2D eigenvalue weighted by molar-refractivity contribution is 7.87. The summed E-state index contributed by atoms with van der Waals surface area (Å²) in [5.41, 5.74) is 1.05. The van der Waals surface area contributed by atoms with Crippen LogP contribution in [0.4, 0.5) is 4.79 Å². The maximum atomic E-state index is 12.3. The summed E-state index contributed by atoms with van der Waals surface area (Å²) >= 11 is 0. The van der Waals surface area contributed by atoms with Crippen molar-refractivity contribution in [2.75, 3.05) is 20.1 Å². The Bertz CT molecular complexity index is 613. The minimum Gasteiger partial charge on any atom is -0.331 e. The Balaban J connectivity index is 1.82. The predicted octanol–water partition coefficient (Wildman–Crippen LogP) is 0.975. The molecular weight excluding hydrogens is 316 g/mol. The summed E-state index contributed by atoms with van der Waals surface area (Å²) in [6.07, 6.45) is 1.21. The van der Waals surface area contributed by atoms with Crippen LogP contribution in [0.15, 0.2) is 30.3 Å². The number of rotatable bonds is 5. The molecule has 1 atom stereocenters. The highest BCUT2D eigenvalue weighted by Crippen LogP contribution is 2.14. The van der Waals surface area contributed by atoms with E-state index < -0.39 is 10.2 Å². The Morgan fingerprint density at radius 2 is 1.83 bits per heavy atom. The van der Waals surface area contributed by atoms with Gasteiger partial charge in [0.25, 0.3) is 10.2 Å². The molecule has 1 fully saturated rings. The molecule has 0 radical (unpaired) electrons. The van der Waals surface area contributed by atoms with E-state index in [1.807, 2.05) is 37.3 Å². The molecule has 1 aliphatic heterocycles. The van der Waals surface area contributed by atoms with Crippen molar-refractivity contribution in [3.05, 3.63) is 35.9 Å². The van der Waals surface area contributed by atoms with Gasteiger partial charge < -0.3 is 10.2 Å². The molecule has 0 aromatic heterocycles. The molecule has 2 amide bonds. The molecule has 1 saturated heterocycles. The van der Waals surface area contributed by atoms with E-state index in [2.05, 4.69) is 14.8 Å². The fraction of sp³-hybridized carbons (Fsp3) is 0.533. The maximum Gasteiger partial charge on any atom is 0.317 e. The van der Waals surface area contributed by atoms with Gasteiger partial charge in [0.15, 0.2) is 0 Å². The molecule has 0 aliphatic carbocycles. The molecular formula is C15H24N4O3S. The van der Waals surface area contributed by atoms with Gasteiger partial charge in [0, 0.05) is 26.2 Å². The zero-order chi connectivity index (χ0) is 16.9. The van der Waals surface area contributed by atoms with Gasteiger partial charge in [0.2, 0.25) is 0 Å². The first-order chi connectivity index (χ1) is 10.9. The van der Waals surface area contributed by atoms with Gasteiger partial charge in [-0.3, -0.25) is 0 Å². The first-order valence-electron chi connectivity index (χ1n) is 7.72. The van der Waals surface area contributed by atoms with Crippen molar-refractivity contribution in [1.29, 1.82) is 0 Å². The van der Waals surface area contributed by atoms with Gasteiger partial charge in [0.05, 0.1) is 6.04 Å². The van der Waals surface area contributed by atoms with E-state index in [1.54, 1.807) is 4.90 Å². The summed E-state index contributed by atoms with van der Waals surface area (Å²) in [6, 6.07) is 9.46. The van der Waals surface area contributed by atoms with Crippen molar-refractivity contribution in [2.24, 2.45) is 0 Å². The van der Waals surface area contributed by atoms with E-state index in [0.29, 0.717) is 25.9 Å². The molecule has 0 bridgehead atoms. The first-order valence-corrected chi connectivity index (χ1v) is 9.21. The second kappa shape index (κ2) is 7.76. The van der Waals surface area contributed by atoms with Crippen LogP contribution >= 0.6 is 0 Å². The SMILES string of the molecule is CNS(=O)(=O)NC1CCN(C(=O)N[C@H](C)c2ccccc2)CC1. The third-order valence-electron chi connectivity index (χ3n) is 4.01. The quantitative estimate of drug-likeness (QED) is 0.746. The number of hydrogen-bond donors (Lipinski definition) is 3. The van der Waals surface area contributed by atoms with Crippen molar-refractivity contribution in [3.63, 3.8) is 0 Å². The summed E-state index contributed by atoms with van der Waals surface area (Å²) in [5, 5.41) is 2.98. The molecule has 3 N–H and O–H groups in total. The second-order valence-corrected chi connectivity index (χ2v) is 7.32. The van der Waals surface area contributed by atoms with Gasteiger partial charge in [0.1, 0.15) is 0 Å². The monoisotopic (exact) mass is 340 g/mol. The highest BCUT2D eigenvalue weighted by atomic mass is 32.2. The summed E-state index contributed by atoms with van der Waals surface area (Å²) in [5.74, 6) is 0. The standard InChI is InChI=1S/C15H24N4O3S/c1-12(13-6-4-3-5-7-13)17-15(20)19-10-8-14(9-11-19)18-23(21,22)16-2/h3-7,12,14,16,18H,8-11H2,1-2H3,(H,17,20)/t12-/m1/s1. The summed E-state index contributed by atoms with van der Waals surface area (Å²) < 4.78 is 27.7. The topological polar surface area (TPSA) is 90.5 Å². The largest absolute Gasteiger partial charge is 0.331 e. The average molecular weight is 340 g/mol. The van der Waals surface area contributed by atoms with E-state index in [9.17, 15) is 13.2 Å². The summed E-state index contributed by atoms with van der Waals surface area (Å²) in [7, 11) is -2.06. The molecule has 8 heteroatoms. The van der Waals surface area contributed by atoms with Crippen molar-refractivity contribution >= 4 is 16.2 Å². The molecule has 7 nitrogen and oxygen atoms in total. The Hall–Kier alpha value is -1.64. The van der Waals surface area contributed by atoms with E-state index in [1.165, 1.54) is 7.05 Å². The minimum atomic E-state index is -3.43. The van der Waals surface area contributed by atoms with Gasteiger partial charge in [-0.2, -0.15) is 13.1 Å².